The minimum absolute atomic E-state index is 0.00782. The maximum Gasteiger partial charge on any atom is 0.0860 e. The summed E-state index contributed by atoms with van der Waals surface area (Å²) in [4.78, 5) is 5.46. The molecule has 2 aromatic rings. The van der Waals surface area contributed by atoms with Crippen LogP contribution in [0.1, 0.15) is 55.4 Å². The molecule has 0 aromatic carbocycles. The van der Waals surface area contributed by atoms with E-state index in [0.717, 1.165) is 12.2 Å². The van der Waals surface area contributed by atoms with Crippen LogP contribution in [0.4, 0.5) is 0 Å². The molecule has 1 N–H and O–H groups in total. The van der Waals surface area contributed by atoms with Crippen LogP contribution in [0, 0.1) is 6.92 Å². The van der Waals surface area contributed by atoms with Crippen molar-refractivity contribution in [2.75, 3.05) is 6.54 Å². The molecule has 0 aliphatic rings. The molecular weight excluding hydrogens is 268 g/mol. The van der Waals surface area contributed by atoms with Crippen LogP contribution < -0.4 is 5.32 Å². The number of aryl methyl sites for hydroxylation is 1. The van der Waals surface area contributed by atoms with Gasteiger partial charge in [-0.3, -0.25) is 4.98 Å². The maximum absolute atomic E-state index is 4.35. The highest BCUT2D eigenvalue weighted by Crippen LogP contribution is 2.34. The van der Waals surface area contributed by atoms with E-state index >= 15 is 0 Å². The SMILES string of the molecule is CCNC(c1cnccc1C)c1snnc1C(C)(C)C. The zero-order chi connectivity index (χ0) is 14.8. The zero-order valence-corrected chi connectivity index (χ0v) is 13.6. The van der Waals surface area contributed by atoms with Crippen molar-refractivity contribution in [2.45, 2.75) is 46.1 Å². The Morgan fingerprint density at radius 1 is 1.35 bits per heavy atom. The Labute approximate surface area is 124 Å². The van der Waals surface area contributed by atoms with Gasteiger partial charge in [-0.05, 0) is 42.2 Å². The van der Waals surface area contributed by atoms with Crippen molar-refractivity contribution in [1.82, 2.24) is 19.9 Å². The Balaban J connectivity index is 2.50. The van der Waals surface area contributed by atoms with Crippen LogP contribution in [-0.4, -0.2) is 21.1 Å². The Hall–Kier alpha value is -1.33. The molecule has 0 saturated carbocycles. The van der Waals surface area contributed by atoms with Crippen molar-refractivity contribution in [1.29, 1.82) is 0 Å². The van der Waals surface area contributed by atoms with E-state index in [2.05, 4.69) is 54.5 Å². The average molecular weight is 290 g/mol. The van der Waals surface area contributed by atoms with Gasteiger partial charge in [-0.2, -0.15) is 0 Å². The quantitative estimate of drug-likeness (QED) is 0.939. The molecule has 0 fully saturated rings. The molecule has 0 bridgehead atoms. The molecule has 108 valence electrons. The third-order valence-electron chi connectivity index (χ3n) is 3.28. The van der Waals surface area contributed by atoms with Crippen molar-refractivity contribution >= 4 is 11.5 Å². The molecule has 0 spiro atoms. The molecule has 4 nitrogen and oxygen atoms in total. The van der Waals surface area contributed by atoms with Crippen molar-refractivity contribution in [3.8, 4) is 0 Å². The van der Waals surface area contributed by atoms with Crippen LogP contribution in [0.2, 0.25) is 0 Å². The normalized spacial score (nSPS) is 13.4. The number of hydrogen-bond donors (Lipinski definition) is 1. The highest BCUT2D eigenvalue weighted by Gasteiger charge is 2.28. The smallest absolute Gasteiger partial charge is 0.0860 e. The molecule has 0 saturated heterocycles. The fraction of sp³-hybridized carbons (Fsp3) is 0.533. The minimum atomic E-state index is -0.00782. The topological polar surface area (TPSA) is 50.7 Å². The number of pyridine rings is 1. The number of nitrogens with one attached hydrogen (secondary N) is 1. The molecule has 5 heteroatoms. The van der Waals surface area contributed by atoms with E-state index in [1.807, 2.05) is 18.5 Å². The highest BCUT2D eigenvalue weighted by molar-refractivity contribution is 7.05. The molecule has 0 radical (unpaired) electrons. The van der Waals surface area contributed by atoms with Crippen LogP contribution >= 0.6 is 11.5 Å². The molecule has 1 atom stereocenters. The summed E-state index contributed by atoms with van der Waals surface area (Å²) in [6, 6.07) is 2.16. The lowest BCUT2D eigenvalue weighted by Gasteiger charge is -2.23. The monoisotopic (exact) mass is 290 g/mol. The van der Waals surface area contributed by atoms with Crippen LogP contribution in [-0.2, 0) is 5.41 Å². The fourth-order valence-corrected chi connectivity index (χ4v) is 3.19. The van der Waals surface area contributed by atoms with Gasteiger partial charge < -0.3 is 5.32 Å². The minimum Gasteiger partial charge on any atom is -0.306 e. The molecule has 2 heterocycles. The molecule has 2 aromatic heterocycles. The van der Waals surface area contributed by atoms with Crippen LogP contribution in [0.5, 0.6) is 0 Å². The standard InChI is InChI=1S/C15H22N4S/c1-6-17-12(11-9-16-8-7-10(11)2)13-14(15(3,4)5)18-19-20-13/h7-9,12,17H,6H2,1-5H3. The molecule has 2 rings (SSSR count). The van der Waals surface area contributed by atoms with E-state index in [0.29, 0.717) is 0 Å². The highest BCUT2D eigenvalue weighted by atomic mass is 32.1. The van der Waals surface area contributed by atoms with E-state index in [-0.39, 0.29) is 11.5 Å². The number of rotatable bonds is 4. The van der Waals surface area contributed by atoms with Gasteiger partial charge in [0.15, 0.2) is 0 Å². The maximum atomic E-state index is 4.35. The predicted molar refractivity (Wildman–Crippen MR) is 83.1 cm³/mol. The van der Waals surface area contributed by atoms with E-state index in [1.165, 1.54) is 27.5 Å². The predicted octanol–water partition coefficient (Wildman–Crippen LogP) is 3.24. The first-order valence-electron chi connectivity index (χ1n) is 6.91. The number of nitrogens with zero attached hydrogens (tertiary/aromatic N) is 3. The summed E-state index contributed by atoms with van der Waals surface area (Å²) in [7, 11) is 0. The zero-order valence-electron chi connectivity index (χ0n) is 12.8. The van der Waals surface area contributed by atoms with Crippen LogP contribution in [0.15, 0.2) is 18.5 Å². The average Bonchev–Trinajstić information content (AvgIpc) is 2.86. The van der Waals surface area contributed by atoms with Crippen molar-refractivity contribution < 1.29 is 0 Å². The second kappa shape index (κ2) is 5.97. The lowest BCUT2D eigenvalue weighted by atomic mass is 9.88. The lowest BCUT2D eigenvalue weighted by Crippen LogP contribution is -2.25. The van der Waals surface area contributed by atoms with Gasteiger partial charge in [0.2, 0.25) is 0 Å². The van der Waals surface area contributed by atoms with E-state index < -0.39 is 0 Å². The molecular formula is C15H22N4S. The fourth-order valence-electron chi connectivity index (χ4n) is 2.23. The van der Waals surface area contributed by atoms with Crippen molar-refractivity contribution in [3.63, 3.8) is 0 Å². The Bertz CT molecular complexity index is 571. The molecule has 0 aliphatic heterocycles. The molecule has 0 amide bonds. The summed E-state index contributed by atoms with van der Waals surface area (Å²) in [5, 5.41) is 7.90. The van der Waals surface area contributed by atoms with Crippen LogP contribution in [0.3, 0.4) is 0 Å². The Kier molecular flexibility index (Phi) is 4.50. The number of hydrogen-bond acceptors (Lipinski definition) is 5. The van der Waals surface area contributed by atoms with Gasteiger partial charge >= 0.3 is 0 Å². The van der Waals surface area contributed by atoms with Gasteiger partial charge in [-0.25, -0.2) is 0 Å². The van der Waals surface area contributed by atoms with Crippen molar-refractivity contribution in [3.05, 3.63) is 40.2 Å². The second-order valence-corrected chi connectivity index (χ2v) is 6.74. The first-order chi connectivity index (χ1) is 9.45. The van der Waals surface area contributed by atoms with E-state index in [9.17, 15) is 0 Å². The van der Waals surface area contributed by atoms with E-state index in [4.69, 9.17) is 0 Å². The Morgan fingerprint density at radius 3 is 2.70 bits per heavy atom. The molecule has 0 aliphatic carbocycles. The van der Waals surface area contributed by atoms with Crippen molar-refractivity contribution in [2.24, 2.45) is 0 Å². The molecule has 20 heavy (non-hydrogen) atoms. The van der Waals surface area contributed by atoms with Gasteiger partial charge in [0.1, 0.15) is 0 Å². The summed E-state index contributed by atoms with van der Waals surface area (Å²) in [6.45, 7) is 11.6. The largest absolute Gasteiger partial charge is 0.306 e. The van der Waals surface area contributed by atoms with Crippen LogP contribution in [0.25, 0.3) is 0 Å². The number of aromatic nitrogens is 3. The van der Waals surface area contributed by atoms with Gasteiger partial charge in [0, 0.05) is 17.8 Å². The molecule has 1 unspecified atom stereocenters. The van der Waals surface area contributed by atoms with Gasteiger partial charge in [0.25, 0.3) is 0 Å². The summed E-state index contributed by atoms with van der Waals surface area (Å²) >= 11 is 1.48. The van der Waals surface area contributed by atoms with Gasteiger partial charge in [0.05, 0.1) is 16.6 Å². The summed E-state index contributed by atoms with van der Waals surface area (Å²) in [5.41, 5.74) is 3.49. The van der Waals surface area contributed by atoms with E-state index in [1.54, 1.807) is 0 Å². The third kappa shape index (κ3) is 3.04. The first-order valence-corrected chi connectivity index (χ1v) is 7.69. The first kappa shape index (κ1) is 15.1. The summed E-state index contributed by atoms with van der Waals surface area (Å²) in [6.07, 6.45) is 3.77. The second-order valence-electron chi connectivity index (χ2n) is 5.96. The van der Waals surface area contributed by atoms with Gasteiger partial charge in [-0.15, -0.1) is 5.10 Å². The third-order valence-corrected chi connectivity index (χ3v) is 4.07. The Morgan fingerprint density at radius 2 is 2.10 bits per heavy atom. The summed E-state index contributed by atoms with van der Waals surface area (Å²) < 4.78 is 4.18. The summed E-state index contributed by atoms with van der Waals surface area (Å²) in [5.74, 6) is 0. The lowest BCUT2D eigenvalue weighted by molar-refractivity contribution is 0.542. The van der Waals surface area contributed by atoms with Gasteiger partial charge in [-0.1, -0.05) is 32.2 Å².